The Bertz CT molecular complexity index is 315. The van der Waals surface area contributed by atoms with Gasteiger partial charge in [-0.1, -0.05) is 15.9 Å². The van der Waals surface area contributed by atoms with Gasteiger partial charge in [0.15, 0.2) is 0 Å². The summed E-state index contributed by atoms with van der Waals surface area (Å²) >= 11 is 7.22. The second-order valence-corrected chi connectivity index (χ2v) is 4.13. The topological polar surface area (TPSA) is 101 Å². The monoisotopic (exact) mass is 364 g/mol. The summed E-state index contributed by atoms with van der Waals surface area (Å²) in [7, 11) is -4.67. The van der Waals surface area contributed by atoms with Gasteiger partial charge in [-0.15, -0.1) is 11.6 Å². The average molecular weight is 365 g/mol. The molecule has 0 aliphatic carbocycles. The van der Waals surface area contributed by atoms with Crippen molar-refractivity contribution in [2.45, 2.75) is 6.18 Å². The highest BCUT2D eigenvalue weighted by Crippen LogP contribution is 2.35. The summed E-state index contributed by atoms with van der Waals surface area (Å²) in [6.07, 6.45) is -4.68. The lowest BCUT2D eigenvalue weighted by Crippen LogP contribution is -2.23. The molecule has 0 aromatic rings. The number of phosphoric ester groups is 1. The molecular weight excluding hydrogens is 359 g/mol. The molecule has 0 fully saturated rings. The van der Waals surface area contributed by atoms with Crippen LogP contribution >= 0.6 is 35.4 Å². The van der Waals surface area contributed by atoms with Crippen LogP contribution in [-0.2, 0) is 18.7 Å². The van der Waals surface area contributed by atoms with Crippen molar-refractivity contribution < 1.29 is 41.6 Å². The van der Waals surface area contributed by atoms with E-state index >= 15 is 0 Å². The Morgan fingerprint density at radius 1 is 1.35 bits per heavy atom. The number of Topliss-reactive ketones (excluding diaryl/α,β-unsaturated/α-hetero) is 1. The molecule has 0 aromatic heterocycles. The molecule has 12 heteroatoms. The molecule has 0 spiro atoms. The molecule has 6 nitrogen and oxygen atoms in total. The summed E-state index contributed by atoms with van der Waals surface area (Å²) in [5, 5.41) is -0.656. The van der Waals surface area contributed by atoms with E-state index < -0.39 is 37.0 Å². The van der Waals surface area contributed by atoms with Crippen LogP contribution in [0.15, 0.2) is 0 Å². The number of phosphoric acid groups is 1. The lowest BCUT2D eigenvalue weighted by Gasteiger charge is -2.00. The fourth-order valence-electron chi connectivity index (χ4n) is 0.233. The molecule has 17 heavy (non-hydrogen) atoms. The van der Waals surface area contributed by atoms with Crippen molar-refractivity contribution in [3.05, 3.63) is 0 Å². The number of ketones is 1. The third kappa shape index (κ3) is 13.8. The fraction of sp³-hybridized carbons (Fsp3) is 0.600. The van der Waals surface area contributed by atoms with Crippen LogP contribution < -0.4 is 0 Å². The van der Waals surface area contributed by atoms with E-state index in [0.717, 1.165) is 0 Å². The van der Waals surface area contributed by atoms with Gasteiger partial charge in [-0.05, 0) is 0 Å². The third-order valence-electron chi connectivity index (χ3n) is 0.767. The summed E-state index contributed by atoms with van der Waals surface area (Å²) in [5.74, 6) is -3.45. The number of rotatable bonds is 3. The van der Waals surface area contributed by atoms with Crippen molar-refractivity contribution in [2.24, 2.45) is 0 Å². The van der Waals surface area contributed by atoms with Crippen LogP contribution in [0.5, 0.6) is 0 Å². The second-order valence-electron chi connectivity index (χ2n) is 2.14. The maximum atomic E-state index is 11.1. The molecule has 0 saturated carbocycles. The molecule has 0 aliphatic rings. The molecule has 0 aromatic carbocycles. The van der Waals surface area contributed by atoms with E-state index in [1.807, 2.05) is 0 Å². The first-order valence-electron chi connectivity index (χ1n) is 3.44. The van der Waals surface area contributed by atoms with E-state index in [0.29, 0.717) is 0 Å². The van der Waals surface area contributed by atoms with Crippen LogP contribution in [0, 0.1) is 0 Å². The highest BCUT2D eigenvalue weighted by Gasteiger charge is 2.36. The highest BCUT2D eigenvalue weighted by molar-refractivity contribution is 9.09. The standard InChI is InChI=1S/C3H2BrF3O.C2H4ClO5P/c4-1-2(8)3(5,6)7;3-1-2(4)8-9(5,6)7/h1H2;1H2,(H2,5,6,7). The molecular formula is C5H6BrClF3O6P. The van der Waals surface area contributed by atoms with Gasteiger partial charge in [-0.2, -0.15) is 13.2 Å². The van der Waals surface area contributed by atoms with Gasteiger partial charge in [0.05, 0.1) is 5.33 Å². The molecule has 0 bridgehead atoms. The van der Waals surface area contributed by atoms with Gasteiger partial charge < -0.3 is 4.52 Å². The number of halogens is 5. The molecule has 102 valence electrons. The summed E-state index contributed by atoms with van der Waals surface area (Å²) in [5.41, 5.74) is 0. The zero-order chi connectivity index (χ0) is 14.3. The summed E-state index contributed by atoms with van der Waals surface area (Å²) in [4.78, 5) is 35.5. The Kier molecular flexibility index (Phi) is 9.08. The van der Waals surface area contributed by atoms with E-state index in [1.54, 1.807) is 0 Å². The van der Waals surface area contributed by atoms with Gasteiger partial charge in [0.25, 0.3) is 0 Å². The highest BCUT2D eigenvalue weighted by atomic mass is 79.9. The van der Waals surface area contributed by atoms with Crippen molar-refractivity contribution >= 4 is 47.1 Å². The minimum atomic E-state index is -4.68. The largest absolute Gasteiger partial charge is 0.527 e. The summed E-state index contributed by atoms with van der Waals surface area (Å²) in [6.45, 7) is 0. The van der Waals surface area contributed by atoms with Crippen molar-refractivity contribution in [1.82, 2.24) is 0 Å². The maximum Gasteiger partial charge on any atom is 0.527 e. The van der Waals surface area contributed by atoms with Crippen LogP contribution in [-0.4, -0.2) is 38.9 Å². The molecule has 0 aliphatic heterocycles. The van der Waals surface area contributed by atoms with E-state index in [1.165, 1.54) is 0 Å². The minimum absolute atomic E-state index is 0.564. The van der Waals surface area contributed by atoms with Gasteiger partial charge in [-0.3, -0.25) is 19.4 Å². The van der Waals surface area contributed by atoms with E-state index in [-0.39, 0.29) is 0 Å². The van der Waals surface area contributed by atoms with Crippen molar-refractivity contribution in [3.8, 4) is 0 Å². The minimum Gasteiger partial charge on any atom is -0.370 e. The molecule has 0 rings (SSSR count). The van der Waals surface area contributed by atoms with Gasteiger partial charge >= 0.3 is 20.0 Å². The molecule has 0 unspecified atom stereocenters. The molecule has 2 N–H and O–H groups in total. The SMILES string of the molecule is O=C(CBr)C(F)(F)F.O=C(CCl)OP(=O)(O)O. The lowest BCUT2D eigenvalue weighted by molar-refractivity contribution is -0.167. The van der Waals surface area contributed by atoms with Crippen molar-refractivity contribution in [2.75, 3.05) is 11.2 Å². The molecule has 0 radical (unpaired) electrons. The summed E-state index contributed by atoms with van der Waals surface area (Å²) in [6, 6.07) is 0. The molecule has 0 atom stereocenters. The quantitative estimate of drug-likeness (QED) is 0.579. The van der Waals surface area contributed by atoms with Gasteiger partial charge in [0.2, 0.25) is 5.78 Å². The van der Waals surface area contributed by atoms with E-state index in [9.17, 15) is 27.3 Å². The maximum absolute atomic E-state index is 11.1. The first kappa shape index (κ1) is 19.2. The number of hydrogen-bond acceptors (Lipinski definition) is 4. The van der Waals surface area contributed by atoms with Crippen LogP contribution in [0.4, 0.5) is 13.2 Å². The summed E-state index contributed by atoms with van der Waals surface area (Å²) < 4.78 is 46.5. The molecule has 0 saturated heterocycles. The predicted molar refractivity (Wildman–Crippen MR) is 53.7 cm³/mol. The Balaban J connectivity index is 0. The Hall–Kier alpha value is -0.150. The van der Waals surface area contributed by atoms with Crippen LogP contribution in [0.25, 0.3) is 0 Å². The Labute approximate surface area is 106 Å². The van der Waals surface area contributed by atoms with E-state index in [4.69, 9.17) is 21.4 Å². The third-order valence-corrected chi connectivity index (χ3v) is 1.94. The van der Waals surface area contributed by atoms with Gasteiger partial charge in [0, 0.05) is 0 Å². The zero-order valence-electron chi connectivity index (χ0n) is 7.78. The van der Waals surface area contributed by atoms with Crippen molar-refractivity contribution in [1.29, 1.82) is 0 Å². The smallest absolute Gasteiger partial charge is 0.370 e. The molecule has 0 heterocycles. The number of carbonyl (C=O) groups is 2. The Morgan fingerprint density at radius 3 is 1.82 bits per heavy atom. The number of hydrogen-bond donors (Lipinski definition) is 2. The van der Waals surface area contributed by atoms with Crippen molar-refractivity contribution in [3.63, 3.8) is 0 Å². The van der Waals surface area contributed by atoms with E-state index in [2.05, 4.69) is 20.5 Å². The number of carbonyl (C=O) groups excluding carboxylic acids is 2. The predicted octanol–water partition coefficient (Wildman–Crippen LogP) is 1.37. The number of alkyl halides is 5. The first-order valence-corrected chi connectivity index (χ1v) is 6.62. The van der Waals surface area contributed by atoms with Gasteiger partial charge in [-0.25, -0.2) is 4.57 Å². The fourth-order valence-corrected chi connectivity index (χ4v) is 1.01. The lowest BCUT2D eigenvalue weighted by atomic mass is 10.4. The van der Waals surface area contributed by atoms with Crippen LogP contribution in [0.3, 0.4) is 0 Å². The zero-order valence-corrected chi connectivity index (χ0v) is 11.0. The van der Waals surface area contributed by atoms with Crippen LogP contribution in [0.2, 0.25) is 0 Å². The van der Waals surface area contributed by atoms with Crippen LogP contribution in [0.1, 0.15) is 0 Å². The average Bonchev–Trinajstić information content (AvgIpc) is 2.13. The second kappa shape index (κ2) is 8.04. The normalized spacial score (nSPS) is 11.2. The first-order chi connectivity index (χ1) is 7.44. The molecule has 0 amide bonds. The Morgan fingerprint density at radius 2 is 1.76 bits per heavy atom. The van der Waals surface area contributed by atoms with Gasteiger partial charge in [0.1, 0.15) is 5.88 Å².